The molecule has 0 fully saturated rings. The van der Waals surface area contributed by atoms with Gasteiger partial charge in [0.1, 0.15) is 6.61 Å². The maximum atomic E-state index is 12.0. The third-order valence-electron chi connectivity index (χ3n) is 2.14. The summed E-state index contributed by atoms with van der Waals surface area (Å²) >= 11 is 6.48. The number of nitrogens with two attached hydrogens (primary N) is 1. The highest BCUT2D eigenvalue weighted by Crippen LogP contribution is 2.28. The van der Waals surface area contributed by atoms with E-state index in [1.54, 1.807) is 6.07 Å². The van der Waals surface area contributed by atoms with Gasteiger partial charge in [0.15, 0.2) is 0 Å². The van der Waals surface area contributed by atoms with Gasteiger partial charge in [-0.1, -0.05) is 15.9 Å². The molecule has 0 unspecified atom stereocenters. The Morgan fingerprint density at radius 1 is 1.37 bits per heavy atom. The fourth-order valence-electron chi connectivity index (χ4n) is 1.24. The van der Waals surface area contributed by atoms with Crippen LogP contribution in [0.15, 0.2) is 26.0 Å². The topological polar surface area (TPSA) is 98.5 Å². The molecular weight excluding hydrogens is 404 g/mol. The SMILES string of the molecule is Cc1cc(Br)c(S(=O)(=O)NCCOC(N)=O)cc1Br. The number of sulfonamides is 1. The lowest BCUT2D eigenvalue weighted by Crippen LogP contribution is -2.29. The van der Waals surface area contributed by atoms with E-state index in [2.05, 4.69) is 41.3 Å². The van der Waals surface area contributed by atoms with Crippen LogP contribution in [0, 0.1) is 6.92 Å². The van der Waals surface area contributed by atoms with Gasteiger partial charge in [0.05, 0.1) is 4.90 Å². The summed E-state index contributed by atoms with van der Waals surface area (Å²) in [5.41, 5.74) is 5.67. The lowest BCUT2D eigenvalue weighted by atomic mass is 10.2. The minimum absolute atomic E-state index is 0.0524. The third-order valence-corrected chi connectivity index (χ3v) is 5.41. The number of primary amides is 1. The molecule has 0 bridgehead atoms. The van der Waals surface area contributed by atoms with Crippen LogP contribution in [0.5, 0.6) is 0 Å². The molecule has 0 saturated heterocycles. The molecule has 3 N–H and O–H groups in total. The monoisotopic (exact) mass is 414 g/mol. The first kappa shape index (κ1) is 16.4. The van der Waals surface area contributed by atoms with Gasteiger partial charge >= 0.3 is 6.09 Å². The van der Waals surface area contributed by atoms with Crippen molar-refractivity contribution < 1.29 is 17.9 Å². The van der Waals surface area contributed by atoms with Crippen LogP contribution in [-0.4, -0.2) is 27.7 Å². The quantitative estimate of drug-likeness (QED) is 0.717. The van der Waals surface area contributed by atoms with Crippen LogP contribution in [0.25, 0.3) is 0 Å². The molecule has 0 spiro atoms. The number of hydrogen-bond donors (Lipinski definition) is 2. The Labute approximate surface area is 128 Å². The molecule has 0 atom stereocenters. The Hall–Kier alpha value is -0.640. The van der Waals surface area contributed by atoms with Crippen molar-refractivity contribution in [3.8, 4) is 0 Å². The zero-order valence-corrected chi connectivity index (χ0v) is 13.9. The fraction of sp³-hybridized carbons (Fsp3) is 0.300. The zero-order chi connectivity index (χ0) is 14.6. The molecule has 0 saturated carbocycles. The van der Waals surface area contributed by atoms with Gasteiger partial charge in [-0.2, -0.15) is 0 Å². The molecule has 1 amide bonds. The normalized spacial score (nSPS) is 11.3. The van der Waals surface area contributed by atoms with Crippen molar-refractivity contribution in [3.63, 3.8) is 0 Å². The van der Waals surface area contributed by atoms with E-state index in [4.69, 9.17) is 5.73 Å². The van der Waals surface area contributed by atoms with Gasteiger partial charge in [0.2, 0.25) is 10.0 Å². The van der Waals surface area contributed by atoms with Crippen LogP contribution in [0.4, 0.5) is 4.79 Å². The van der Waals surface area contributed by atoms with Gasteiger partial charge in [-0.05, 0) is 40.5 Å². The van der Waals surface area contributed by atoms with Crippen LogP contribution >= 0.6 is 31.9 Å². The van der Waals surface area contributed by atoms with Crippen LogP contribution in [0.3, 0.4) is 0 Å². The first-order valence-corrected chi connectivity index (χ1v) is 8.18. The van der Waals surface area contributed by atoms with Gasteiger partial charge in [-0.15, -0.1) is 0 Å². The first-order chi connectivity index (χ1) is 8.74. The number of hydrogen-bond acceptors (Lipinski definition) is 4. The summed E-state index contributed by atoms with van der Waals surface area (Å²) in [7, 11) is -3.69. The Bertz CT molecular complexity index is 589. The molecule has 0 aliphatic rings. The Morgan fingerprint density at radius 2 is 2.00 bits per heavy atom. The number of ether oxygens (including phenoxy) is 1. The van der Waals surface area contributed by atoms with Crippen LogP contribution in [0.1, 0.15) is 5.56 Å². The van der Waals surface area contributed by atoms with E-state index in [1.807, 2.05) is 6.92 Å². The van der Waals surface area contributed by atoms with Crippen molar-refractivity contribution in [1.29, 1.82) is 0 Å². The summed E-state index contributed by atoms with van der Waals surface area (Å²) in [4.78, 5) is 10.4. The highest BCUT2D eigenvalue weighted by Gasteiger charge is 2.18. The number of carbonyl (C=O) groups is 1. The Balaban J connectivity index is 2.83. The van der Waals surface area contributed by atoms with Gasteiger partial charge in [-0.3, -0.25) is 0 Å². The largest absolute Gasteiger partial charge is 0.448 e. The molecule has 1 aromatic carbocycles. The van der Waals surface area contributed by atoms with E-state index in [-0.39, 0.29) is 18.0 Å². The summed E-state index contributed by atoms with van der Waals surface area (Å²) in [5, 5.41) is 0. The lowest BCUT2D eigenvalue weighted by Gasteiger charge is -2.10. The molecular formula is C10H12Br2N2O4S. The highest BCUT2D eigenvalue weighted by molar-refractivity contribution is 9.11. The Morgan fingerprint density at radius 3 is 2.58 bits per heavy atom. The van der Waals surface area contributed by atoms with E-state index < -0.39 is 16.1 Å². The molecule has 9 heteroatoms. The summed E-state index contributed by atoms with van der Waals surface area (Å²) in [6.07, 6.45) is -0.946. The third kappa shape index (κ3) is 4.75. The van der Waals surface area contributed by atoms with E-state index in [0.29, 0.717) is 8.95 Å². The molecule has 6 nitrogen and oxygen atoms in total. The highest BCUT2D eigenvalue weighted by atomic mass is 79.9. The van der Waals surface area contributed by atoms with Crippen molar-refractivity contribution in [1.82, 2.24) is 4.72 Å². The summed E-state index contributed by atoms with van der Waals surface area (Å²) < 4.78 is 31.9. The first-order valence-electron chi connectivity index (χ1n) is 5.11. The number of benzene rings is 1. The van der Waals surface area contributed by atoms with Crippen LogP contribution in [-0.2, 0) is 14.8 Å². The number of halogens is 2. The van der Waals surface area contributed by atoms with Crippen molar-refractivity contribution in [2.24, 2.45) is 5.73 Å². The van der Waals surface area contributed by atoms with E-state index in [9.17, 15) is 13.2 Å². The minimum atomic E-state index is -3.69. The maximum absolute atomic E-state index is 12.0. The number of amides is 1. The molecule has 19 heavy (non-hydrogen) atoms. The van der Waals surface area contributed by atoms with Crippen molar-refractivity contribution in [2.75, 3.05) is 13.2 Å². The van der Waals surface area contributed by atoms with Crippen molar-refractivity contribution >= 4 is 48.0 Å². The van der Waals surface area contributed by atoms with E-state index >= 15 is 0 Å². The standard InChI is InChI=1S/C10H12Br2N2O4S/c1-6-4-8(12)9(5-7(6)11)19(16,17)14-2-3-18-10(13)15/h4-5,14H,2-3H2,1H3,(H2,13,15). The molecule has 0 radical (unpaired) electrons. The van der Waals surface area contributed by atoms with Gasteiger partial charge in [-0.25, -0.2) is 17.9 Å². The summed E-state index contributed by atoms with van der Waals surface area (Å²) in [6.45, 7) is 1.67. The lowest BCUT2D eigenvalue weighted by molar-refractivity contribution is 0.159. The molecule has 0 aliphatic carbocycles. The molecule has 0 aromatic heterocycles. The number of nitrogens with one attached hydrogen (secondary N) is 1. The fourth-order valence-corrected chi connectivity index (χ4v) is 3.93. The van der Waals surface area contributed by atoms with Crippen molar-refractivity contribution in [2.45, 2.75) is 11.8 Å². The number of aryl methyl sites for hydroxylation is 1. The van der Waals surface area contributed by atoms with E-state index in [1.165, 1.54) is 6.07 Å². The predicted molar refractivity (Wildman–Crippen MR) is 77.3 cm³/mol. The molecule has 1 rings (SSSR count). The second-order valence-electron chi connectivity index (χ2n) is 3.60. The Kier molecular flexibility index (Phi) is 5.78. The average molecular weight is 416 g/mol. The summed E-state index contributed by atoms with van der Waals surface area (Å²) in [5.74, 6) is 0. The minimum Gasteiger partial charge on any atom is -0.448 e. The molecule has 1 aromatic rings. The number of carbonyl (C=O) groups excluding carboxylic acids is 1. The van der Waals surface area contributed by atoms with Crippen LogP contribution in [0.2, 0.25) is 0 Å². The maximum Gasteiger partial charge on any atom is 0.404 e. The van der Waals surface area contributed by atoms with Crippen molar-refractivity contribution in [3.05, 3.63) is 26.6 Å². The molecule has 0 aliphatic heterocycles. The average Bonchev–Trinajstić information content (AvgIpc) is 2.29. The second kappa shape index (κ2) is 6.69. The molecule has 0 heterocycles. The zero-order valence-electron chi connectivity index (χ0n) is 9.94. The second-order valence-corrected chi connectivity index (χ2v) is 7.04. The van der Waals surface area contributed by atoms with E-state index in [0.717, 1.165) is 5.56 Å². The van der Waals surface area contributed by atoms with Crippen LogP contribution < -0.4 is 10.5 Å². The van der Waals surface area contributed by atoms with Gasteiger partial charge in [0.25, 0.3) is 0 Å². The van der Waals surface area contributed by atoms with Gasteiger partial charge in [0, 0.05) is 15.5 Å². The summed E-state index contributed by atoms with van der Waals surface area (Å²) in [6, 6.07) is 3.19. The smallest absolute Gasteiger partial charge is 0.404 e. The van der Waals surface area contributed by atoms with Gasteiger partial charge < -0.3 is 10.5 Å². The number of rotatable bonds is 5. The predicted octanol–water partition coefficient (Wildman–Crippen LogP) is 1.89. The molecule has 106 valence electrons.